The van der Waals surface area contributed by atoms with Gasteiger partial charge in [-0.25, -0.2) is 9.78 Å². The Morgan fingerprint density at radius 3 is 2.61 bits per heavy atom. The van der Waals surface area contributed by atoms with Gasteiger partial charge in [0.15, 0.2) is 0 Å². The van der Waals surface area contributed by atoms with E-state index in [9.17, 15) is 4.79 Å². The molecule has 0 saturated carbocycles. The molecule has 0 radical (unpaired) electrons. The second-order valence-corrected chi connectivity index (χ2v) is 5.28. The van der Waals surface area contributed by atoms with E-state index in [1.165, 1.54) is 11.3 Å². The van der Waals surface area contributed by atoms with Crippen molar-refractivity contribution in [2.24, 2.45) is 0 Å². The Balaban J connectivity index is 2.28. The Morgan fingerprint density at radius 2 is 2.00 bits per heavy atom. The van der Waals surface area contributed by atoms with E-state index < -0.39 is 5.97 Å². The van der Waals surface area contributed by atoms with Crippen molar-refractivity contribution in [2.75, 3.05) is 0 Å². The van der Waals surface area contributed by atoms with Crippen molar-refractivity contribution in [1.29, 1.82) is 0 Å². The number of benzene rings is 1. The highest BCUT2D eigenvalue weighted by Gasteiger charge is 2.13. The molecule has 2 rings (SSSR count). The fourth-order valence-electron chi connectivity index (χ4n) is 1.46. The molecule has 0 aliphatic rings. The van der Waals surface area contributed by atoms with Gasteiger partial charge in [-0.3, -0.25) is 0 Å². The fraction of sp³-hybridized carbons (Fsp3) is 0.0769. The number of nitrogens with zero attached hydrogens (tertiary/aromatic N) is 1. The van der Waals surface area contributed by atoms with Crippen LogP contribution >= 0.6 is 22.9 Å². The molecule has 0 amide bonds. The molecule has 1 heterocycles. The van der Waals surface area contributed by atoms with Gasteiger partial charge in [0.05, 0.1) is 10.7 Å². The Morgan fingerprint density at radius 1 is 1.33 bits per heavy atom. The molecule has 18 heavy (non-hydrogen) atoms. The molecule has 0 spiro atoms. The summed E-state index contributed by atoms with van der Waals surface area (Å²) in [6.07, 6.45) is 3.52. The minimum Gasteiger partial charge on any atom is -0.477 e. The quantitative estimate of drug-likeness (QED) is 0.925. The summed E-state index contributed by atoms with van der Waals surface area (Å²) >= 11 is 6.96. The van der Waals surface area contributed by atoms with Gasteiger partial charge in [0, 0.05) is 5.02 Å². The first kappa shape index (κ1) is 12.8. The summed E-state index contributed by atoms with van der Waals surface area (Å²) in [5.74, 6) is -0.948. The lowest BCUT2D eigenvalue weighted by Crippen LogP contribution is -1.94. The van der Waals surface area contributed by atoms with Crippen LogP contribution in [-0.4, -0.2) is 16.1 Å². The number of carboxylic acid groups (broad SMARTS) is 1. The van der Waals surface area contributed by atoms with Gasteiger partial charge >= 0.3 is 5.97 Å². The minimum absolute atomic E-state index is 0.262. The van der Waals surface area contributed by atoms with E-state index in [4.69, 9.17) is 16.7 Å². The summed E-state index contributed by atoms with van der Waals surface area (Å²) in [7, 11) is 0. The monoisotopic (exact) mass is 279 g/mol. The van der Waals surface area contributed by atoms with E-state index >= 15 is 0 Å². The molecular weight excluding hydrogens is 270 g/mol. The number of rotatable bonds is 3. The number of aryl methyl sites for hydroxylation is 1. The molecule has 0 bridgehead atoms. The van der Waals surface area contributed by atoms with Gasteiger partial charge in [-0.15, -0.1) is 11.3 Å². The van der Waals surface area contributed by atoms with E-state index in [1.54, 1.807) is 25.1 Å². The van der Waals surface area contributed by atoms with Crippen molar-refractivity contribution in [1.82, 2.24) is 4.98 Å². The van der Waals surface area contributed by atoms with Crippen LogP contribution in [0.25, 0.3) is 12.2 Å². The van der Waals surface area contributed by atoms with Gasteiger partial charge in [-0.1, -0.05) is 29.8 Å². The molecule has 92 valence electrons. The van der Waals surface area contributed by atoms with Gasteiger partial charge in [0.2, 0.25) is 0 Å². The molecule has 0 unspecified atom stereocenters. The summed E-state index contributed by atoms with van der Waals surface area (Å²) in [4.78, 5) is 15.5. The van der Waals surface area contributed by atoms with Crippen LogP contribution in [0.5, 0.6) is 0 Å². The zero-order valence-corrected chi connectivity index (χ0v) is 11.1. The van der Waals surface area contributed by atoms with Gasteiger partial charge in [0.25, 0.3) is 0 Å². The van der Waals surface area contributed by atoms with Crippen LogP contribution in [0.15, 0.2) is 24.3 Å². The summed E-state index contributed by atoms with van der Waals surface area (Å²) in [5, 5.41) is 10.4. The molecule has 1 N–H and O–H groups in total. The molecule has 0 fully saturated rings. The molecule has 1 aromatic carbocycles. The Bertz CT molecular complexity index is 602. The van der Waals surface area contributed by atoms with Crippen LogP contribution in [0.2, 0.25) is 5.02 Å². The number of thiazole rings is 1. The van der Waals surface area contributed by atoms with Gasteiger partial charge < -0.3 is 5.11 Å². The lowest BCUT2D eigenvalue weighted by Gasteiger charge is -1.93. The largest absolute Gasteiger partial charge is 0.477 e. The van der Waals surface area contributed by atoms with Crippen LogP contribution in [0.1, 0.15) is 25.9 Å². The molecular formula is C13H10ClNO2S. The van der Waals surface area contributed by atoms with Crippen molar-refractivity contribution < 1.29 is 9.90 Å². The lowest BCUT2D eigenvalue weighted by molar-refractivity contribution is 0.0701. The molecule has 3 nitrogen and oxygen atoms in total. The topological polar surface area (TPSA) is 50.2 Å². The Kier molecular flexibility index (Phi) is 3.79. The third-order valence-electron chi connectivity index (χ3n) is 2.26. The average Bonchev–Trinajstić information content (AvgIpc) is 2.70. The molecule has 0 aliphatic carbocycles. The zero-order chi connectivity index (χ0) is 13.1. The van der Waals surface area contributed by atoms with Crippen molar-refractivity contribution in [3.05, 3.63) is 50.4 Å². The van der Waals surface area contributed by atoms with Gasteiger partial charge in [-0.2, -0.15) is 0 Å². The highest BCUT2D eigenvalue weighted by atomic mass is 35.5. The summed E-state index contributed by atoms with van der Waals surface area (Å²) in [6.45, 7) is 1.79. The number of aromatic carboxylic acids is 1. The summed E-state index contributed by atoms with van der Waals surface area (Å²) < 4.78 is 0. The number of carbonyl (C=O) groups is 1. The molecule has 2 aromatic rings. The lowest BCUT2D eigenvalue weighted by atomic mass is 10.2. The van der Waals surface area contributed by atoms with E-state index in [2.05, 4.69) is 4.98 Å². The van der Waals surface area contributed by atoms with E-state index in [0.717, 1.165) is 10.6 Å². The third kappa shape index (κ3) is 2.97. The first-order valence-corrected chi connectivity index (χ1v) is 6.40. The normalized spacial score (nSPS) is 11.0. The van der Waals surface area contributed by atoms with Crippen molar-refractivity contribution in [2.45, 2.75) is 6.92 Å². The first-order valence-electron chi connectivity index (χ1n) is 5.20. The smallest absolute Gasteiger partial charge is 0.348 e. The summed E-state index contributed by atoms with van der Waals surface area (Å²) in [5.41, 5.74) is 1.43. The molecule has 0 atom stereocenters. The second kappa shape index (κ2) is 5.33. The van der Waals surface area contributed by atoms with Crippen molar-refractivity contribution in [3.8, 4) is 0 Å². The van der Waals surface area contributed by atoms with Crippen LogP contribution < -0.4 is 0 Å². The van der Waals surface area contributed by atoms with E-state index in [1.807, 2.05) is 18.2 Å². The van der Waals surface area contributed by atoms with Gasteiger partial charge in [0.1, 0.15) is 4.88 Å². The number of hydrogen-bond acceptors (Lipinski definition) is 3. The van der Waals surface area contributed by atoms with Crippen molar-refractivity contribution >= 4 is 41.1 Å². The van der Waals surface area contributed by atoms with E-state index in [0.29, 0.717) is 10.7 Å². The first-order chi connectivity index (χ1) is 8.56. The zero-order valence-electron chi connectivity index (χ0n) is 9.55. The fourth-order valence-corrected chi connectivity index (χ4v) is 2.33. The van der Waals surface area contributed by atoms with Crippen LogP contribution in [0.3, 0.4) is 0 Å². The van der Waals surface area contributed by atoms with E-state index in [-0.39, 0.29) is 4.88 Å². The molecule has 5 heteroatoms. The maximum atomic E-state index is 11.0. The number of hydrogen-bond donors (Lipinski definition) is 1. The molecule has 0 saturated heterocycles. The van der Waals surface area contributed by atoms with Gasteiger partial charge in [-0.05, 0) is 30.7 Å². The van der Waals surface area contributed by atoms with Crippen molar-refractivity contribution in [3.63, 3.8) is 0 Å². The average molecular weight is 280 g/mol. The second-order valence-electron chi connectivity index (χ2n) is 3.64. The maximum Gasteiger partial charge on any atom is 0.348 e. The Labute approximate surface area is 113 Å². The molecule has 1 aromatic heterocycles. The van der Waals surface area contributed by atoms with Crippen LogP contribution in [0, 0.1) is 6.92 Å². The standard InChI is InChI=1S/C13H10ClNO2S/c1-8-15-11(12(18-8)13(16)17)7-4-9-2-5-10(14)6-3-9/h2-7H,1H3,(H,16,17)/b7-4+. The minimum atomic E-state index is -0.948. The number of halogens is 1. The molecule has 0 aliphatic heterocycles. The Hall–Kier alpha value is -1.65. The number of carboxylic acids is 1. The SMILES string of the molecule is Cc1nc(/C=C/c2ccc(Cl)cc2)c(C(=O)O)s1. The maximum absolute atomic E-state index is 11.0. The predicted molar refractivity (Wildman–Crippen MR) is 74.2 cm³/mol. The third-order valence-corrected chi connectivity index (χ3v) is 3.48. The number of aromatic nitrogens is 1. The van der Waals surface area contributed by atoms with Crippen LogP contribution in [-0.2, 0) is 0 Å². The van der Waals surface area contributed by atoms with Crippen LogP contribution in [0.4, 0.5) is 0 Å². The highest BCUT2D eigenvalue weighted by molar-refractivity contribution is 7.13. The summed E-state index contributed by atoms with van der Waals surface area (Å²) in [6, 6.07) is 7.29. The highest BCUT2D eigenvalue weighted by Crippen LogP contribution is 2.20. The predicted octanol–water partition coefficient (Wildman–Crippen LogP) is 3.97.